The average molecular weight is 294 g/mol. The van der Waals surface area contributed by atoms with E-state index >= 15 is 0 Å². The monoisotopic (exact) mass is 294 g/mol. The fourth-order valence-corrected chi connectivity index (χ4v) is 2.97. The molecule has 0 aliphatic carbocycles. The summed E-state index contributed by atoms with van der Waals surface area (Å²) in [5.74, 6) is 0. The van der Waals surface area contributed by atoms with Crippen LogP contribution in [0.4, 0.5) is 0 Å². The summed E-state index contributed by atoms with van der Waals surface area (Å²) in [7, 11) is 4.31. The Hall–Kier alpha value is -0.980. The van der Waals surface area contributed by atoms with Crippen LogP contribution in [0.2, 0.25) is 0 Å². The fraction of sp³-hybridized carbons (Fsp3) is 0.867. The molecule has 0 bridgehead atoms. The van der Waals surface area contributed by atoms with Crippen molar-refractivity contribution in [1.82, 2.24) is 30.1 Å². The number of hydrogen-bond donors (Lipinski definition) is 1. The lowest BCUT2D eigenvalue weighted by molar-refractivity contribution is 0.199. The van der Waals surface area contributed by atoms with Crippen molar-refractivity contribution in [3.63, 3.8) is 0 Å². The summed E-state index contributed by atoms with van der Waals surface area (Å²) in [6, 6.07) is 0.703. The Morgan fingerprint density at radius 2 is 2.24 bits per heavy atom. The van der Waals surface area contributed by atoms with Crippen LogP contribution in [0.25, 0.3) is 0 Å². The number of likely N-dealkylation sites (N-methyl/N-ethyl adjacent to an activating group) is 1. The number of likely N-dealkylation sites (tertiary alicyclic amines) is 1. The third kappa shape index (κ3) is 5.37. The summed E-state index contributed by atoms with van der Waals surface area (Å²) in [5, 5.41) is 11.8. The van der Waals surface area contributed by atoms with Crippen LogP contribution in [0.3, 0.4) is 0 Å². The molecule has 1 aliphatic rings. The maximum absolute atomic E-state index is 4.23. The lowest BCUT2D eigenvalue weighted by atomic mass is 10.2. The number of nitrogens with one attached hydrogen (secondary N) is 1. The lowest BCUT2D eigenvalue weighted by Crippen LogP contribution is -2.39. The van der Waals surface area contributed by atoms with E-state index in [0.717, 1.165) is 44.8 Å². The van der Waals surface area contributed by atoms with Crippen molar-refractivity contribution in [3.8, 4) is 0 Å². The van der Waals surface area contributed by atoms with Gasteiger partial charge in [0.1, 0.15) is 0 Å². The van der Waals surface area contributed by atoms with Gasteiger partial charge < -0.3 is 10.2 Å². The van der Waals surface area contributed by atoms with Crippen LogP contribution in [-0.2, 0) is 13.1 Å². The average Bonchev–Trinajstić information content (AvgIpc) is 3.06. The molecule has 1 atom stereocenters. The molecule has 2 rings (SSSR count). The number of rotatable bonds is 9. The van der Waals surface area contributed by atoms with E-state index in [2.05, 4.69) is 52.6 Å². The molecule has 1 aromatic rings. The predicted octanol–water partition coefficient (Wildman–Crippen LogP) is 0.804. The van der Waals surface area contributed by atoms with Crippen LogP contribution in [0.15, 0.2) is 6.20 Å². The largest absolute Gasteiger partial charge is 0.311 e. The first-order valence-electron chi connectivity index (χ1n) is 8.17. The van der Waals surface area contributed by atoms with E-state index < -0.39 is 0 Å². The van der Waals surface area contributed by atoms with Gasteiger partial charge in [-0.3, -0.25) is 9.58 Å². The van der Waals surface area contributed by atoms with Crippen LogP contribution in [0, 0.1) is 0 Å². The number of hydrogen-bond acceptors (Lipinski definition) is 5. The van der Waals surface area contributed by atoms with Gasteiger partial charge in [0.25, 0.3) is 0 Å². The van der Waals surface area contributed by atoms with Crippen LogP contribution in [0.1, 0.15) is 31.9 Å². The highest BCUT2D eigenvalue weighted by Gasteiger charge is 2.24. The van der Waals surface area contributed by atoms with Gasteiger partial charge in [-0.1, -0.05) is 12.1 Å². The summed E-state index contributed by atoms with van der Waals surface area (Å²) >= 11 is 0. The van der Waals surface area contributed by atoms with Crippen LogP contribution in [0.5, 0.6) is 0 Å². The third-order valence-corrected chi connectivity index (χ3v) is 4.01. The van der Waals surface area contributed by atoms with E-state index in [1.54, 1.807) is 0 Å². The van der Waals surface area contributed by atoms with Gasteiger partial charge in [-0.25, -0.2) is 0 Å². The maximum atomic E-state index is 4.23. The Labute approximate surface area is 128 Å². The number of nitrogens with zero attached hydrogens (tertiary/aromatic N) is 5. The zero-order valence-electron chi connectivity index (χ0n) is 13.8. The van der Waals surface area contributed by atoms with Crippen LogP contribution >= 0.6 is 0 Å². The maximum Gasteiger partial charge on any atom is 0.0964 e. The van der Waals surface area contributed by atoms with E-state index in [-0.39, 0.29) is 0 Å². The molecule has 0 radical (unpaired) electrons. The molecule has 0 saturated carbocycles. The molecule has 1 aromatic heterocycles. The summed E-state index contributed by atoms with van der Waals surface area (Å²) in [6.07, 6.45) is 5.86. The van der Waals surface area contributed by atoms with Gasteiger partial charge in [-0.05, 0) is 46.4 Å². The van der Waals surface area contributed by atoms with Crippen molar-refractivity contribution in [3.05, 3.63) is 11.9 Å². The molecular formula is C15H30N6. The summed E-state index contributed by atoms with van der Waals surface area (Å²) in [6.45, 7) is 8.41. The fourth-order valence-electron chi connectivity index (χ4n) is 2.97. The first-order chi connectivity index (χ1) is 10.2. The van der Waals surface area contributed by atoms with Crippen molar-refractivity contribution >= 4 is 0 Å². The molecule has 0 amide bonds. The van der Waals surface area contributed by atoms with Crippen LogP contribution < -0.4 is 5.32 Å². The summed E-state index contributed by atoms with van der Waals surface area (Å²) in [5.41, 5.74) is 1.04. The molecule has 2 heterocycles. The van der Waals surface area contributed by atoms with Gasteiger partial charge in [0.15, 0.2) is 0 Å². The molecule has 6 heteroatoms. The molecule has 1 N–H and O–H groups in total. The molecule has 120 valence electrons. The van der Waals surface area contributed by atoms with E-state index in [1.807, 2.05) is 4.68 Å². The molecule has 0 aromatic carbocycles. The molecule has 0 spiro atoms. The lowest BCUT2D eigenvalue weighted by Gasteiger charge is -2.26. The van der Waals surface area contributed by atoms with Gasteiger partial charge in [-0.2, -0.15) is 0 Å². The molecule has 21 heavy (non-hydrogen) atoms. The van der Waals surface area contributed by atoms with E-state index in [1.165, 1.54) is 19.4 Å². The quantitative estimate of drug-likeness (QED) is 0.683. The van der Waals surface area contributed by atoms with E-state index in [9.17, 15) is 0 Å². The molecular weight excluding hydrogens is 264 g/mol. The Bertz CT molecular complexity index is 403. The number of aromatic nitrogens is 3. The second-order valence-corrected chi connectivity index (χ2v) is 6.24. The first-order valence-corrected chi connectivity index (χ1v) is 8.17. The molecule has 1 unspecified atom stereocenters. The highest BCUT2D eigenvalue weighted by Crippen LogP contribution is 2.17. The highest BCUT2D eigenvalue weighted by atomic mass is 15.4. The third-order valence-electron chi connectivity index (χ3n) is 4.01. The molecule has 6 nitrogen and oxygen atoms in total. The zero-order chi connectivity index (χ0) is 15.1. The van der Waals surface area contributed by atoms with Crippen molar-refractivity contribution in [2.45, 2.75) is 45.3 Å². The van der Waals surface area contributed by atoms with Crippen molar-refractivity contribution in [2.75, 3.05) is 40.3 Å². The normalized spacial score (nSPS) is 19.7. The Morgan fingerprint density at radius 1 is 1.38 bits per heavy atom. The van der Waals surface area contributed by atoms with Gasteiger partial charge in [0.05, 0.1) is 12.2 Å². The second-order valence-electron chi connectivity index (χ2n) is 6.24. The Balaban J connectivity index is 1.74. The standard InChI is InChI=1S/C15H30N6/c1-4-7-16-11-14-12-21(18-17-14)10-9-20-8-5-6-15(20)13-19(2)3/h12,15-16H,4-11,13H2,1-3H3. The molecule has 1 aliphatic heterocycles. The minimum Gasteiger partial charge on any atom is -0.311 e. The van der Waals surface area contributed by atoms with Gasteiger partial charge in [0, 0.05) is 31.9 Å². The summed E-state index contributed by atoms with van der Waals surface area (Å²) < 4.78 is 1.98. The highest BCUT2D eigenvalue weighted by molar-refractivity contribution is 4.91. The van der Waals surface area contributed by atoms with Gasteiger partial charge >= 0.3 is 0 Å². The van der Waals surface area contributed by atoms with Gasteiger partial charge in [-0.15, -0.1) is 5.10 Å². The van der Waals surface area contributed by atoms with E-state index in [0.29, 0.717) is 6.04 Å². The Kier molecular flexibility index (Phi) is 6.60. The Morgan fingerprint density at radius 3 is 3.00 bits per heavy atom. The first kappa shape index (κ1) is 16.4. The minimum atomic E-state index is 0.703. The predicted molar refractivity (Wildman–Crippen MR) is 85.2 cm³/mol. The van der Waals surface area contributed by atoms with Crippen molar-refractivity contribution in [1.29, 1.82) is 0 Å². The minimum absolute atomic E-state index is 0.703. The summed E-state index contributed by atoms with van der Waals surface area (Å²) in [4.78, 5) is 4.88. The van der Waals surface area contributed by atoms with E-state index in [4.69, 9.17) is 0 Å². The van der Waals surface area contributed by atoms with Crippen LogP contribution in [-0.4, -0.2) is 71.1 Å². The smallest absolute Gasteiger partial charge is 0.0964 e. The van der Waals surface area contributed by atoms with Crippen molar-refractivity contribution in [2.24, 2.45) is 0 Å². The second kappa shape index (κ2) is 8.46. The molecule has 1 saturated heterocycles. The van der Waals surface area contributed by atoms with Gasteiger partial charge in [0.2, 0.25) is 0 Å². The van der Waals surface area contributed by atoms with Crippen molar-refractivity contribution < 1.29 is 0 Å². The molecule has 1 fully saturated rings. The SMILES string of the molecule is CCCNCc1cn(CCN2CCCC2CN(C)C)nn1. The zero-order valence-corrected chi connectivity index (χ0v) is 13.8. The topological polar surface area (TPSA) is 49.2 Å².